The average molecular weight is 438 g/mol. The average Bonchev–Trinajstić information content (AvgIpc) is 3.04. The normalized spacial score (nSPS) is 21.7. The van der Waals surface area contributed by atoms with Gasteiger partial charge in [0.05, 0.1) is 0 Å². The minimum absolute atomic E-state index is 0. The van der Waals surface area contributed by atoms with Gasteiger partial charge in [-0.1, -0.05) is 17.8 Å². The number of thioether (sulfide) groups is 1. The summed E-state index contributed by atoms with van der Waals surface area (Å²) in [5.74, 6) is -2.27. The van der Waals surface area contributed by atoms with Crippen LogP contribution in [0.1, 0.15) is 5.69 Å². The monoisotopic (exact) mass is 437 g/mol. The van der Waals surface area contributed by atoms with E-state index in [1.807, 2.05) is 0 Å². The van der Waals surface area contributed by atoms with Gasteiger partial charge in [0.2, 0.25) is 0 Å². The number of β-lactam (4-membered cyclic amide) rings is 1. The summed E-state index contributed by atoms with van der Waals surface area (Å²) in [5, 5.41) is 24.9. The van der Waals surface area contributed by atoms with Crippen molar-refractivity contribution in [1.82, 2.24) is 15.2 Å². The third-order valence-corrected chi connectivity index (χ3v) is 5.79. The van der Waals surface area contributed by atoms with Crippen molar-refractivity contribution in [2.24, 2.45) is 5.16 Å². The van der Waals surface area contributed by atoms with Crippen LogP contribution in [0.25, 0.3) is 0 Å². The van der Waals surface area contributed by atoms with Gasteiger partial charge in [-0.25, -0.2) is 9.78 Å². The summed E-state index contributed by atoms with van der Waals surface area (Å²) < 4.78 is 0. The second-order valence-corrected chi connectivity index (χ2v) is 7.26. The molecule has 1 aromatic rings. The first-order valence-corrected chi connectivity index (χ1v) is 9.09. The number of hydrogen-bond donors (Lipinski definition) is 4. The van der Waals surface area contributed by atoms with Crippen molar-refractivity contribution in [2.45, 2.75) is 11.4 Å². The fraction of sp³-hybridized carbons (Fsp3) is 0.214. The van der Waals surface area contributed by atoms with Gasteiger partial charge in [0.1, 0.15) is 22.8 Å². The Kier molecular flexibility index (Phi) is 6.92. The molecule has 0 unspecified atom stereocenters. The quantitative estimate of drug-likeness (QED) is 0.149. The van der Waals surface area contributed by atoms with E-state index in [2.05, 4.69) is 22.0 Å². The molecule has 10 nitrogen and oxygen atoms in total. The van der Waals surface area contributed by atoms with E-state index in [0.717, 1.165) is 16.2 Å². The molecule has 0 saturated carbocycles. The van der Waals surface area contributed by atoms with Crippen molar-refractivity contribution in [2.75, 3.05) is 11.5 Å². The SMILES string of the molecule is C=CC1=C(C(=O)O)N2C(=O)[C@@H](NC(=O)C(=NO)c3csc(N)n3)[C@H]2SC1.[CaH2]. The molecule has 3 heterocycles. The predicted molar refractivity (Wildman–Crippen MR) is 103 cm³/mol. The number of nitrogen functional groups attached to an aromatic ring is 1. The summed E-state index contributed by atoms with van der Waals surface area (Å²) in [6, 6.07) is -0.944. The fourth-order valence-corrected chi connectivity index (χ4v) is 4.51. The molecule has 1 fully saturated rings. The first kappa shape index (κ1) is 21.7. The number of aromatic nitrogens is 1. The number of nitrogens with one attached hydrogen (secondary N) is 1. The van der Waals surface area contributed by atoms with Gasteiger partial charge in [0.25, 0.3) is 11.8 Å². The van der Waals surface area contributed by atoms with Crippen LogP contribution < -0.4 is 11.1 Å². The van der Waals surface area contributed by atoms with Crippen molar-refractivity contribution in [3.63, 3.8) is 0 Å². The van der Waals surface area contributed by atoms with Crippen molar-refractivity contribution in [1.29, 1.82) is 0 Å². The Hall–Kier alpha value is -1.60. The van der Waals surface area contributed by atoms with E-state index in [9.17, 15) is 19.5 Å². The Morgan fingerprint density at radius 2 is 2.22 bits per heavy atom. The van der Waals surface area contributed by atoms with Crippen molar-refractivity contribution >= 4 is 89.5 Å². The Bertz CT molecular complexity index is 883. The van der Waals surface area contributed by atoms with Gasteiger partial charge in [-0.2, -0.15) is 0 Å². The first-order chi connectivity index (χ1) is 12.4. The summed E-state index contributed by atoms with van der Waals surface area (Å²) in [6.45, 7) is 3.56. The molecule has 140 valence electrons. The topological polar surface area (TPSA) is 158 Å². The van der Waals surface area contributed by atoms with Crippen molar-refractivity contribution in [3.05, 3.63) is 35.0 Å². The van der Waals surface area contributed by atoms with E-state index in [1.165, 1.54) is 23.2 Å². The number of allylic oxidation sites excluding steroid dienone is 1. The molecule has 0 aromatic carbocycles. The number of thiazole rings is 1. The second kappa shape index (κ2) is 8.61. The molecule has 1 aromatic heterocycles. The molecular formula is C14H15CaN5O5S2. The Labute approximate surface area is 191 Å². The van der Waals surface area contributed by atoms with E-state index in [0.29, 0.717) is 11.3 Å². The molecule has 2 aliphatic heterocycles. The first-order valence-electron chi connectivity index (χ1n) is 7.16. The Morgan fingerprint density at radius 1 is 1.52 bits per heavy atom. The molecule has 0 radical (unpaired) electrons. The molecule has 0 spiro atoms. The van der Waals surface area contributed by atoms with Crippen LogP contribution in [0.3, 0.4) is 0 Å². The number of anilines is 1. The number of oxime groups is 1. The van der Waals surface area contributed by atoms with Crippen LogP contribution in [0.15, 0.2) is 34.5 Å². The molecule has 0 bridgehead atoms. The van der Waals surface area contributed by atoms with Crippen molar-refractivity contribution in [3.8, 4) is 0 Å². The third kappa shape index (κ3) is 3.85. The Morgan fingerprint density at radius 3 is 2.74 bits per heavy atom. The van der Waals surface area contributed by atoms with Crippen LogP contribution >= 0.6 is 23.1 Å². The minimum atomic E-state index is -1.24. The molecule has 3 rings (SSSR count). The van der Waals surface area contributed by atoms with Crippen LogP contribution in [-0.2, 0) is 14.4 Å². The van der Waals surface area contributed by atoms with Gasteiger partial charge in [0, 0.05) is 11.1 Å². The summed E-state index contributed by atoms with van der Waals surface area (Å²) >= 11 is 2.37. The molecule has 0 aliphatic carbocycles. The van der Waals surface area contributed by atoms with E-state index >= 15 is 0 Å². The zero-order valence-electron chi connectivity index (χ0n) is 13.1. The number of nitrogens with zero attached hydrogens (tertiary/aromatic N) is 3. The maximum absolute atomic E-state index is 12.4. The van der Waals surface area contributed by atoms with Gasteiger partial charge in [-0.15, -0.1) is 23.1 Å². The number of carboxylic acids is 1. The number of carbonyl (C=O) groups excluding carboxylic acids is 2. The number of carboxylic acid groups (broad SMARTS) is 1. The molecule has 27 heavy (non-hydrogen) atoms. The molecule has 2 amide bonds. The van der Waals surface area contributed by atoms with Crippen LogP contribution in [0.5, 0.6) is 0 Å². The van der Waals surface area contributed by atoms with Crippen LogP contribution in [0.2, 0.25) is 0 Å². The number of aliphatic carboxylic acids is 1. The zero-order chi connectivity index (χ0) is 19.0. The summed E-state index contributed by atoms with van der Waals surface area (Å²) in [4.78, 5) is 41.2. The van der Waals surface area contributed by atoms with Gasteiger partial charge < -0.3 is 21.4 Å². The van der Waals surface area contributed by atoms with E-state index < -0.39 is 29.2 Å². The van der Waals surface area contributed by atoms with Gasteiger partial charge in [0.15, 0.2) is 10.8 Å². The molecule has 13 heteroatoms. The standard InChI is InChI=1S/C14H13N5O5S2.Ca.2H/c1-2-5-3-25-12-8(11(21)19(12)9(5)13(22)23)17-10(20)7(18-24)6-4-26-14(15)16-6;;;/h2,4,8,12,24H,1,3H2,(H2,15,16)(H,17,20)(H,22,23);;;/t8-,12-;;;/m1.../s1. The summed E-state index contributed by atoms with van der Waals surface area (Å²) in [7, 11) is 0. The van der Waals surface area contributed by atoms with E-state index in [4.69, 9.17) is 10.9 Å². The van der Waals surface area contributed by atoms with Crippen LogP contribution in [-0.4, -0.2) is 98.6 Å². The molecular weight excluding hydrogens is 422 g/mol. The van der Waals surface area contributed by atoms with E-state index in [1.54, 1.807) is 0 Å². The number of amides is 2. The molecule has 2 aliphatic rings. The van der Waals surface area contributed by atoms with E-state index in [-0.39, 0.29) is 60.0 Å². The second-order valence-electron chi connectivity index (χ2n) is 5.26. The number of carbonyl (C=O) groups is 3. The molecule has 5 N–H and O–H groups in total. The fourth-order valence-electron chi connectivity index (χ4n) is 2.62. The van der Waals surface area contributed by atoms with Crippen LogP contribution in [0.4, 0.5) is 5.13 Å². The maximum atomic E-state index is 12.4. The number of nitrogens with two attached hydrogens (primary N) is 1. The van der Waals surface area contributed by atoms with Crippen molar-refractivity contribution < 1.29 is 24.7 Å². The number of rotatable bonds is 5. The van der Waals surface area contributed by atoms with Gasteiger partial charge in [-0.3, -0.25) is 14.5 Å². The van der Waals surface area contributed by atoms with Gasteiger partial charge in [-0.05, 0) is 5.57 Å². The Balaban J connectivity index is 0.00000261. The third-order valence-electron chi connectivity index (χ3n) is 3.81. The summed E-state index contributed by atoms with van der Waals surface area (Å²) in [5.41, 5.74) is 5.49. The van der Waals surface area contributed by atoms with Crippen LogP contribution in [0, 0.1) is 0 Å². The zero-order valence-corrected chi connectivity index (χ0v) is 14.7. The van der Waals surface area contributed by atoms with Gasteiger partial charge >= 0.3 is 43.7 Å². The molecule has 1 saturated heterocycles. The summed E-state index contributed by atoms with van der Waals surface area (Å²) in [6.07, 6.45) is 1.40. The number of hydrogen-bond acceptors (Lipinski definition) is 9. The molecule has 2 atom stereocenters. The number of fused-ring (bicyclic) bond motifs is 1. The predicted octanol–water partition coefficient (Wildman–Crippen LogP) is -1.09.